The van der Waals surface area contributed by atoms with E-state index in [0.717, 1.165) is 16.9 Å². The van der Waals surface area contributed by atoms with Crippen molar-refractivity contribution in [2.45, 2.75) is 19.8 Å². The molecule has 0 unspecified atom stereocenters. The van der Waals surface area contributed by atoms with Gasteiger partial charge in [-0.25, -0.2) is 15.8 Å². The third-order valence-electron chi connectivity index (χ3n) is 3.13. The molecular weight excluding hydrogens is 250 g/mol. The highest BCUT2D eigenvalue weighted by Crippen LogP contribution is 2.23. The number of aromatic nitrogens is 2. The number of anilines is 2. The molecule has 20 heavy (non-hydrogen) atoms. The molecule has 3 N–H and O–H groups in total. The van der Waals surface area contributed by atoms with Gasteiger partial charge in [-0.05, 0) is 30.2 Å². The predicted octanol–water partition coefficient (Wildman–Crippen LogP) is 2.62. The fourth-order valence-electron chi connectivity index (χ4n) is 1.87. The van der Waals surface area contributed by atoms with Gasteiger partial charge in [0, 0.05) is 37.1 Å². The third-order valence-corrected chi connectivity index (χ3v) is 3.13. The lowest BCUT2D eigenvalue weighted by Crippen LogP contribution is -2.11. The number of nitrogens with zero attached hydrogens (tertiary/aromatic N) is 3. The summed E-state index contributed by atoms with van der Waals surface area (Å²) < 4.78 is 0. The Morgan fingerprint density at radius 3 is 2.25 bits per heavy atom. The highest BCUT2D eigenvalue weighted by atomic mass is 15.3. The van der Waals surface area contributed by atoms with E-state index < -0.39 is 0 Å². The van der Waals surface area contributed by atoms with Crippen LogP contribution in [0.2, 0.25) is 0 Å². The van der Waals surface area contributed by atoms with Crippen molar-refractivity contribution in [3.63, 3.8) is 0 Å². The molecular formula is C15H21N5. The molecule has 0 saturated carbocycles. The average Bonchev–Trinajstić information content (AvgIpc) is 2.46. The molecule has 0 bridgehead atoms. The van der Waals surface area contributed by atoms with Crippen LogP contribution in [-0.2, 0) is 0 Å². The molecule has 2 rings (SSSR count). The van der Waals surface area contributed by atoms with Crippen LogP contribution in [0.5, 0.6) is 0 Å². The van der Waals surface area contributed by atoms with Gasteiger partial charge in [0.1, 0.15) is 5.82 Å². The largest absolute Gasteiger partial charge is 0.378 e. The van der Waals surface area contributed by atoms with Crippen LogP contribution in [-0.4, -0.2) is 24.1 Å². The van der Waals surface area contributed by atoms with Gasteiger partial charge in [0.2, 0.25) is 0 Å². The van der Waals surface area contributed by atoms with Gasteiger partial charge in [0.05, 0.1) is 0 Å². The molecule has 1 aromatic carbocycles. The van der Waals surface area contributed by atoms with Gasteiger partial charge in [-0.2, -0.15) is 0 Å². The van der Waals surface area contributed by atoms with Crippen LogP contribution >= 0.6 is 0 Å². The van der Waals surface area contributed by atoms with Crippen molar-refractivity contribution in [2.24, 2.45) is 5.84 Å². The molecule has 0 aliphatic heterocycles. The molecule has 1 heterocycles. The van der Waals surface area contributed by atoms with Gasteiger partial charge in [-0.15, -0.1) is 0 Å². The molecule has 0 fully saturated rings. The lowest BCUT2D eigenvalue weighted by molar-refractivity contribution is 0.817. The Balaban J connectivity index is 2.43. The molecule has 0 radical (unpaired) electrons. The fourth-order valence-corrected chi connectivity index (χ4v) is 1.87. The lowest BCUT2D eigenvalue weighted by Gasteiger charge is -2.13. The molecule has 0 aliphatic carbocycles. The zero-order valence-corrected chi connectivity index (χ0v) is 12.4. The van der Waals surface area contributed by atoms with Crippen molar-refractivity contribution in [2.75, 3.05) is 24.4 Å². The van der Waals surface area contributed by atoms with E-state index in [1.807, 2.05) is 32.3 Å². The fraction of sp³-hybridized carbons (Fsp3) is 0.333. The summed E-state index contributed by atoms with van der Waals surface area (Å²) >= 11 is 0. The van der Waals surface area contributed by atoms with Crippen LogP contribution in [0.4, 0.5) is 11.5 Å². The van der Waals surface area contributed by atoms with Gasteiger partial charge in [0.25, 0.3) is 0 Å². The van der Waals surface area contributed by atoms with E-state index in [4.69, 9.17) is 5.84 Å². The molecule has 0 amide bonds. The minimum atomic E-state index is 0.324. The lowest BCUT2D eigenvalue weighted by atomic mass is 10.1. The van der Waals surface area contributed by atoms with Crippen LogP contribution in [0.15, 0.2) is 30.3 Å². The van der Waals surface area contributed by atoms with Gasteiger partial charge >= 0.3 is 0 Å². The summed E-state index contributed by atoms with van der Waals surface area (Å²) in [5.74, 6) is 7.13. The van der Waals surface area contributed by atoms with E-state index >= 15 is 0 Å². The Labute approximate surface area is 119 Å². The number of nitrogens with two attached hydrogens (primary N) is 1. The van der Waals surface area contributed by atoms with E-state index in [9.17, 15) is 0 Å². The van der Waals surface area contributed by atoms with Gasteiger partial charge in [0.15, 0.2) is 5.82 Å². The maximum Gasteiger partial charge on any atom is 0.161 e. The number of hydrogen-bond donors (Lipinski definition) is 2. The van der Waals surface area contributed by atoms with Crippen molar-refractivity contribution in [1.29, 1.82) is 0 Å². The molecule has 5 heteroatoms. The van der Waals surface area contributed by atoms with E-state index in [-0.39, 0.29) is 0 Å². The van der Waals surface area contributed by atoms with Crippen LogP contribution < -0.4 is 16.2 Å². The monoisotopic (exact) mass is 271 g/mol. The van der Waals surface area contributed by atoms with E-state index in [0.29, 0.717) is 17.6 Å². The smallest absolute Gasteiger partial charge is 0.161 e. The number of benzene rings is 1. The summed E-state index contributed by atoms with van der Waals surface area (Å²) in [6.07, 6.45) is 0. The molecule has 1 aromatic heterocycles. The molecule has 2 aromatic rings. The number of hydrogen-bond acceptors (Lipinski definition) is 5. The number of rotatable bonds is 4. The number of hydrazine groups is 1. The molecule has 5 nitrogen and oxygen atoms in total. The van der Waals surface area contributed by atoms with Crippen molar-refractivity contribution in [1.82, 2.24) is 9.97 Å². The quantitative estimate of drug-likeness (QED) is 0.661. The summed E-state index contributed by atoms with van der Waals surface area (Å²) in [5, 5.41) is 0. The Hall–Kier alpha value is -2.14. The number of nitrogen functional groups attached to an aromatic ring is 1. The van der Waals surface area contributed by atoms with Crippen LogP contribution in [0.3, 0.4) is 0 Å². The van der Waals surface area contributed by atoms with Crippen molar-refractivity contribution in [3.05, 3.63) is 36.0 Å². The van der Waals surface area contributed by atoms with Crippen molar-refractivity contribution >= 4 is 11.5 Å². The Bertz CT molecular complexity index is 575. The first-order chi connectivity index (χ1) is 9.51. The van der Waals surface area contributed by atoms with Crippen molar-refractivity contribution in [3.8, 4) is 11.4 Å². The zero-order chi connectivity index (χ0) is 14.7. The van der Waals surface area contributed by atoms with E-state index in [1.165, 1.54) is 0 Å². The second-order valence-corrected chi connectivity index (χ2v) is 5.24. The normalized spacial score (nSPS) is 10.7. The first-order valence-electron chi connectivity index (χ1n) is 6.64. The third kappa shape index (κ3) is 3.05. The van der Waals surface area contributed by atoms with Crippen LogP contribution in [0.25, 0.3) is 11.4 Å². The van der Waals surface area contributed by atoms with E-state index in [2.05, 4.69) is 46.3 Å². The molecule has 0 atom stereocenters. The highest BCUT2D eigenvalue weighted by molar-refractivity contribution is 5.61. The summed E-state index contributed by atoms with van der Waals surface area (Å²) in [4.78, 5) is 11.1. The second kappa shape index (κ2) is 5.88. The average molecular weight is 271 g/mol. The Morgan fingerprint density at radius 2 is 1.75 bits per heavy atom. The molecule has 106 valence electrons. The zero-order valence-electron chi connectivity index (χ0n) is 12.4. The predicted molar refractivity (Wildman–Crippen MR) is 83.7 cm³/mol. The first kappa shape index (κ1) is 14.3. The molecule has 0 saturated heterocycles. The highest BCUT2D eigenvalue weighted by Gasteiger charge is 2.09. The first-order valence-corrected chi connectivity index (χ1v) is 6.64. The summed E-state index contributed by atoms with van der Waals surface area (Å²) in [6, 6.07) is 10.0. The summed E-state index contributed by atoms with van der Waals surface area (Å²) in [5.41, 5.74) is 5.70. The standard InChI is InChI=1S/C15H21N5/c1-10(2)13-9-14(19-16)18-15(17-13)11-5-7-12(8-6-11)20(3)4/h5-10H,16H2,1-4H3,(H,17,18,19). The molecule has 0 spiro atoms. The van der Waals surface area contributed by atoms with Gasteiger partial charge < -0.3 is 10.3 Å². The minimum absolute atomic E-state index is 0.324. The molecule has 0 aliphatic rings. The SMILES string of the molecule is CC(C)c1cc(NN)nc(-c2ccc(N(C)C)cc2)n1. The summed E-state index contributed by atoms with van der Waals surface area (Å²) in [7, 11) is 4.03. The maximum atomic E-state index is 5.48. The maximum absolute atomic E-state index is 5.48. The van der Waals surface area contributed by atoms with E-state index in [1.54, 1.807) is 0 Å². The van der Waals surface area contributed by atoms with Crippen LogP contribution in [0.1, 0.15) is 25.5 Å². The minimum Gasteiger partial charge on any atom is -0.378 e. The van der Waals surface area contributed by atoms with Gasteiger partial charge in [-0.3, -0.25) is 0 Å². The van der Waals surface area contributed by atoms with Gasteiger partial charge in [-0.1, -0.05) is 13.8 Å². The Kier molecular flexibility index (Phi) is 4.20. The Morgan fingerprint density at radius 1 is 1.10 bits per heavy atom. The summed E-state index contributed by atoms with van der Waals surface area (Å²) in [6.45, 7) is 4.20. The van der Waals surface area contributed by atoms with Crippen LogP contribution in [0, 0.1) is 0 Å². The topological polar surface area (TPSA) is 67.1 Å². The van der Waals surface area contributed by atoms with Crippen molar-refractivity contribution < 1.29 is 0 Å². The number of nitrogens with one attached hydrogen (secondary N) is 1. The second-order valence-electron chi connectivity index (χ2n) is 5.24.